The zero-order chi connectivity index (χ0) is 12.8. The van der Waals surface area contributed by atoms with Crippen LogP contribution in [0.2, 0.25) is 0 Å². The molecule has 0 atom stereocenters. The second-order valence-corrected chi connectivity index (χ2v) is 3.82. The zero-order valence-corrected chi connectivity index (χ0v) is 9.91. The maximum Gasteiger partial charge on any atom is 0.186 e. The molecular formula is C14H15NO3. The molecule has 0 saturated carbocycles. The van der Waals surface area contributed by atoms with Crippen LogP contribution in [0.1, 0.15) is 16.8 Å². The number of ether oxygens (including phenoxy) is 1. The predicted molar refractivity (Wildman–Crippen MR) is 67.1 cm³/mol. The van der Waals surface area contributed by atoms with Crippen molar-refractivity contribution in [1.29, 1.82) is 0 Å². The summed E-state index contributed by atoms with van der Waals surface area (Å²) in [5.41, 5.74) is 2.53. The van der Waals surface area contributed by atoms with Gasteiger partial charge in [-0.15, -0.1) is 0 Å². The van der Waals surface area contributed by atoms with Crippen LogP contribution < -0.4 is 4.74 Å². The molecule has 0 aliphatic carbocycles. The van der Waals surface area contributed by atoms with E-state index in [-0.39, 0.29) is 13.4 Å². The smallest absolute Gasteiger partial charge is 0.186 e. The molecule has 1 heterocycles. The molecule has 0 spiro atoms. The van der Waals surface area contributed by atoms with Gasteiger partial charge in [0, 0.05) is 23.9 Å². The largest absolute Gasteiger partial charge is 0.467 e. The quantitative estimate of drug-likeness (QED) is 0.783. The van der Waals surface area contributed by atoms with Gasteiger partial charge in [0.05, 0.1) is 6.61 Å². The van der Waals surface area contributed by atoms with Gasteiger partial charge < -0.3 is 14.9 Å². The molecule has 0 amide bonds. The number of benzene rings is 1. The van der Waals surface area contributed by atoms with Crippen LogP contribution in [-0.4, -0.2) is 22.0 Å². The van der Waals surface area contributed by atoms with Crippen LogP contribution in [-0.2, 0) is 13.0 Å². The second-order valence-electron chi connectivity index (χ2n) is 3.82. The summed E-state index contributed by atoms with van der Waals surface area (Å²) in [5, 5.41) is 18.2. The Morgan fingerprint density at radius 2 is 1.94 bits per heavy atom. The average molecular weight is 245 g/mol. The van der Waals surface area contributed by atoms with Gasteiger partial charge in [-0.05, 0) is 23.8 Å². The Labute approximate surface area is 106 Å². The minimum absolute atomic E-state index is 0.0647. The van der Waals surface area contributed by atoms with Crippen LogP contribution in [0.15, 0.2) is 42.6 Å². The lowest BCUT2D eigenvalue weighted by Crippen LogP contribution is -2.04. The van der Waals surface area contributed by atoms with E-state index in [9.17, 15) is 5.11 Å². The molecule has 0 radical (unpaired) electrons. The maximum absolute atomic E-state index is 9.35. The Hall–Kier alpha value is -1.91. The molecule has 0 saturated heterocycles. The van der Waals surface area contributed by atoms with E-state index in [1.807, 2.05) is 24.3 Å². The minimum Gasteiger partial charge on any atom is -0.467 e. The predicted octanol–water partition coefficient (Wildman–Crippen LogP) is 1.49. The molecular weight excluding hydrogens is 230 g/mol. The van der Waals surface area contributed by atoms with E-state index in [1.54, 1.807) is 18.3 Å². The van der Waals surface area contributed by atoms with E-state index in [0.29, 0.717) is 12.2 Å². The Morgan fingerprint density at radius 3 is 2.61 bits per heavy atom. The molecule has 1 aromatic heterocycles. The van der Waals surface area contributed by atoms with Crippen molar-refractivity contribution < 1.29 is 14.9 Å². The first kappa shape index (κ1) is 12.5. The highest BCUT2D eigenvalue weighted by molar-refractivity contribution is 5.42. The molecule has 94 valence electrons. The highest BCUT2D eigenvalue weighted by Crippen LogP contribution is 2.25. The van der Waals surface area contributed by atoms with Gasteiger partial charge in [-0.2, -0.15) is 0 Å². The number of hydrogen-bond acceptors (Lipinski definition) is 4. The van der Waals surface area contributed by atoms with Crippen molar-refractivity contribution in [3.63, 3.8) is 0 Å². The SMILES string of the molecule is OCOc1cccc(CO)c1Cc1ccccn1. The number of aromatic nitrogens is 1. The number of rotatable bonds is 5. The van der Waals surface area contributed by atoms with Gasteiger partial charge in [0.2, 0.25) is 0 Å². The first-order chi connectivity index (χ1) is 8.85. The van der Waals surface area contributed by atoms with Gasteiger partial charge in [-0.25, -0.2) is 0 Å². The molecule has 4 nitrogen and oxygen atoms in total. The van der Waals surface area contributed by atoms with Crippen LogP contribution in [0.5, 0.6) is 5.75 Å². The lowest BCUT2D eigenvalue weighted by molar-refractivity contribution is 0.0974. The highest BCUT2D eigenvalue weighted by atomic mass is 16.6. The molecule has 0 aliphatic heterocycles. The molecule has 2 rings (SSSR count). The summed E-state index contributed by atoms with van der Waals surface area (Å²) in [6, 6.07) is 11.1. The monoisotopic (exact) mass is 245 g/mol. The molecule has 0 fully saturated rings. The molecule has 2 aromatic rings. The number of hydrogen-bond donors (Lipinski definition) is 2. The van der Waals surface area contributed by atoms with Crippen molar-refractivity contribution in [3.8, 4) is 5.75 Å². The standard InChI is InChI=1S/C14H15NO3/c16-9-11-4-3-6-14(18-10-17)13(11)8-12-5-1-2-7-15-12/h1-7,16-17H,8-10H2. The van der Waals surface area contributed by atoms with Crippen molar-refractivity contribution in [2.24, 2.45) is 0 Å². The van der Waals surface area contributed by atoms with E-state index in [4.69, 9.17) is 9.84 Å². The molecule has 2 N–H and O–H groups in total. The van der Waals surface area contributed by atoms with Gasteiger partial charge in [0.15, 0.2) is 6.79 Å². The van der Waals surface area contributed by atoms with Crippen LogP contribution in [0.25, 0.3) is 0 Å². The van der Waals surface area contributed by atoms with E-state index in [2.05, 4.69) is 4.98 Å². The first-order valence-corrected chi connectivity index (χ1v) is 5.70. The lowest BCUT2D eigenvalue weighted by Gasteiger charge is -2.13. The lowest BCUT2D eigenvalue weighted by atomic mass is 10.0. The van der Waals surface area contributed by atoms with Gasteiger partial charge in [0.1, 0.15) is 5.75 Å². The van der Waals surface area contributed by atoms with Crippen molar-refractivity contribution in [2.75, 3.05) is 6.79 Å². The van der Waals surface area contributed by atoms with Gasteiger partial charge >= 0.3 is 0 Å². The molecule has 4 heteroatoms. The third-order valence-corrected chi connectivity index (χ3v) is 2.70. The summed E-state index contributed by atoms with van der Waals surface area (Å²) < 4.78 is 5.17. The number of pyridine rings is 1. The highest BCUT2D eigenvalue weighted by Gasteiger charge is 2.10. The topological polar surface area (TPSA) is 62.6 Å². The van der Waals surface area contributed by atoms with Crippen molar-refractivity contribution in [2.45, 2.75) is 13.0 Å². The Bertz CT molecular complexity index is 500. The van der Waals surface area contributed by atoms with Gasteiger partial charge in [-0.3, -0.25) is 4.98 Å². The van der Waals surface area contributed by atoms with E-state index < -0.39 is 0 Å². The van der Waals surface area contributed by atoms with E-state index >= 15 is 0 Å². The fourth-order valence-corrected chi connectivity index (χ4v) is 1.85. The molecule has 0 unspecified atom stereocenters. The number of aliphatic hydroxyl groups excluding tert-OH is 2. The summed E-state index contributed by atoms with van der Waals surface area (Å²) in [6.07, 6.45) is 2.29. The molecule has 0 bridgehead atoms. The Kier molecular flexibility index (Phi) is 4.28. The van der Waals surface area contributed by atoms with Gasteiger partial charge in [-0.1, -0.05) is 18.2 Å². The van der Waals surface area contributed by atoms with Crippen LogP contribution in [0, 0.1) is 0 Å². The van der Waals surface area contributed by atoms with E-state index in [0.717, 1.165) is 16.8 Å². The first-order valence-electron chi connectivity index (χ1n) is 5.70. The second kappa shape index (κ2) is 6.14. The summed E-state index contributed by atoms with van der Waals surface area (Å²) in [6.45, 7) is -0.450. The normalized spacial score (nSPS) is 10.3. The van der Waals surface area contributed by atoms with Gasteiger partial charge in [0.25, 0.3) is 0 Å². The summed E-state index contributed by atoms with van der Waals surface area (Å²) >= 11 is 0. The Morgan fingerprint density at radius 1 is 1.06 bits per heavy atom. The van der Waals surface area contributed by atoms with Crippen molar-refractivity contribution in [1.82, 2.24) is 4.98 Å². The van der Waals surface area contributed by atoms with Crippen molar-refractivity contribution >= 4 is 0 Å². The summed E-state index contributed by atoms with van der Waals surface area (Å²) in [4.78, 5) is 4.25. The summed E-state index contributed by atoms with van der Waals surface area (Å²) in [5.74, 6) is 0.578. The van der Waals surface area contributed by atoms with Crippen molar-refractivity contribution in [3.05, 3.63) is 59.4 Å². The van der Waals surface area contributed by atoms with Crippen LogP contribution >= 0.6 is 0 Å². The Balaban J connectivity index is 2.35. The molecule has 18 heavy (non-hydrogen) atoms. The zero-order valence-electron chi connectivity index (χ0n) is 9.91. The minimum atomic E-state index is -0.385. The van der Waals surface area contributed by atoms with E-state index in [1.165, 1.54) is 0 Å². The molecule has 0 aliphatic rings. The maximum atomic E-state index is 9.35. The fourth-order valence-electron chi connectivity index (χ4n) is 1.85. The average Bonchev–Trinajstić information content (AvgIpc) is 2.42. The number of aliphatic hydroxyl groups is 2. The third kappa shape index (κ3) is 2.85. The molecule has 1 aromatic carbocycles. The third-order valence-electron chi connectivity index (χ3n) is 2.70. The van der Waals surface area contributed by atoms with Crippen LogP contribution in [0.3, 0.4) is 0 Å². The van der Waals surface area contributed by atoms with Crippen LogP contribution in [0.4, 0.5) is 0 Å². The fraction of sp³-hybridized carbons (Fsp3) is 0.214. The summed E-state index contributed by atoms with van der Waals surface area (Å²) in [7, 11) is 0. The number of nitrogens with zero attached hydrogens (tertiary/aromatic N) is 1.